The second-order valence-electron chi connectivity index (χ2n) is 4.46. The van der Waals surface area contributed by atoms with E-state index in [1.165, 1.54) is 12.1 Å². The van der Waals surface area contributed by atoms with Crippen molar-refractivity contribution in [2.75, 3.05) is 0 Å². The Balaban J connectivity index is 2.16. The number of carbonyl (C=O) groups is 1. The van der Waals surface area contributed by atoms with E-state index in [1.54, 1.807) is 24.3 Å². The molecule has 0 aliphatic rings. The highest BCUT2D eigenvalue weighted by atomic mass is 79.9. The van der Waals surface area contributed by atoms with E-state index in [-0.39, 0.29) is 10.0 Å². The van der Waals surface area contributed by atoms with Gasteiger partial charge < -0.3 is 0 Å². The molecule has 2 aromatic carbocycles. The number of nitrogens with one attached hydrogen (secondary N) is 1. The Morgan fingerprint density at radius 1 is 1.22 bits per heavy atom. The highest BCUT2D eigenvalue weighted by Gasteiger charge is 2.16. The number of carbonyl (C=O) groups excluding carboxylic acids is 1. The van der Waals surface area contributed by atoms with Gasteiger partial charge in [-0.3, -0.25) is 4.79 Å². The number of amides is 1. The zero-order valence-electron chi connectivity index (χ0n) is 11.5. The molecule has 2 rings (SSSR count). The lowest BCUT2D eigenvalue weighted by molar-refractivity contribution is 0.0981. The van der Waals surface area contributed by atoms with Crippen molar-refractivity contribution in [3.05, 3.63) is 74.3 Å². The Morgan fingerprint density at radius 3 is 2.61 bits per heavy atom. The zero-order valence-corrected chi connectivity index (χ0v) is 14.6. The van der Waals surface area contributed by atoms with Gasteiger partial charge in [-0.1, -0.05) is 23.7 Å². The Labute approximate surface area is 146 Å². The van der Waals surface area contributed by atoms with Crippen LogP contribution in [0, 0.1) is 5.82 Å². The Hall–Kier alpha value is -1.70. The number of benzene rings is 2. The molecule has 0 saturated carbocycles. The molecule has 0 aromatic heterocycles. The summed E-state index contributed by atoms with van der Waals surface area (Å²) in [6.45, 7) is 0. The van der Waals surface area contributed by atoms with Crippen LogP contribution in [0.3, 0.4) is 0 Å². The van der Waals surface area contributed by atoms with Gasteiger partial charge >= 0.3 is 0 Å². The number of sulfonamides is 1. The van der Waals surface area contributed by atoms with Gasteiger partial charge in [0.2, 0.25) is 0 Å². The summed E-state index contributed by atoms with van der Waals surface area (Å²) >= 11 is 8.81. The second-order valence-corrected chi connectivity index (χ2v) is 7.32. The minimum atomic E-state index is -4.00. The summed E-state index contributed by atoms with van der Waals surface area (Å²) in [5.74, 6) is -1.41. The average Bonchev–Trinajstić information content (AvgIpc) is 2.44. The van der Waals surface area contributed by atoms with Gasteiger partial charge in [-0.2, -0.15) is 0 Å². The summed E-state index contributed by atoms with van der Waals surface area (Å²) in [4.78, 5) is 12.0. The highest BCUT2D eigenvalue weighted by molar-refractivity contribution is 9.10. The van der Waals surface area contributed by atoms with E-state index >= 15 is 0 Å². The quantitative estimate of drug-likeness (QED) is 0.817. The summed E-state index contributed by atoms with van der Waals surface area (Å²) in [6, 6.07) is 9.88. The topological polar surface area (TPSA) is 63.2 Å². The molecule has 0 spiro atoms. The normalized spacial score (nSPS) is 11.6. The second kappa shape index (κ2) is 7.25. The number of hydrogen-bond donors (Lipinski definition) is 1. The first-order valence-electron chi connectivity index (χ1n) is 6.23. The van der Waals surface area contributed by atoms with Gasteiger partial charge in [0.05, 0.1) is 11.0 Å². The first-order chi connectivity index (χ1) is 10.8. The van der Waals surface area contributed by atoms with Crippen LogP contribution in [0.5, 0.6) is 0 Å². The standard InChI is InChI=1S/C15H10BrClFNO3S/c16-14-9-12(18)4-5-13(14)15(20)19-23(21,22)7-6-10-2-1-3-11(17)8-10/h1-9H,(H,19,20). The minimum absolute atomic E-state index is 0.00568. The summed E-state index contributed by atoms with van der Waals surface area (Å²) in [5.41, 5.74) is 0.574. The third kappa shape index (κ3) is 5.16. The van der Waals surface area contributed by atoms with E-state index in [4.69, 9.17) is 11.6 Å². The predicted molar refractivity (Wildman–Crippen MR) is 91.0 cm³/mol. The van der Waals surface area contributed by atoms with Crippen LogP contribution in [0.25, 0.3) is 6.08 Å². The van der Waals surface area contributed by atoms with Crippen molar-refractivity contribution in [3.63, 3.8) is 0 Å². The summed E-state index contributed by atoms with van der Waals surface area (Å²) in [5, 5.41) is 1.32. The Kier molecular flexibility index (Phi) is 5.56. The van der Waals surface area contributed by atoms with Crippen molar-refractivity contribution >= 4 is 49.5 Å². The van der Waals surface area contributed by atoms with E-state index in [0.29, 0.717) is 10.6 Å². The molecule has 0 aliphatic carbocycles. The largest absolute Gasteiger partial charge is 0.268 e. The number of hydrogen-bond acceptors (Lipinski definition) is 3. The monoisotopic (exact) mass is 417 g/mol. The zero-order chi connectivity index (χ0) is 17.0. The molecule has 0 radical (unpaired) electrons. The van der Waals surface area contributed by atoms with Crippen LogP contribution in [-0.4, -0.2) is 14.3 Å². The highest BCUT2D eigenvalue weighted by Crippen LogP contribution is 2.18. The van der Waals surface area contributed by atoms with Gasteiger partial charge in [-0.25, -0.2) is 17.5 Å². The molecule has 0 saturated heterocycles. The fourth-order valence-electron chi connectivity index (χ4n) is 1.67. The van der Waals surface area contributed by atoms with Crippen molar-refractivity contribution in [1.82, 2.24) is 4.72 Å². The van der Waals surface area contributed by atoms with Gasteiger partial charge in [-0.15, -0.1) is 0 Å². The molecule has 0 unspecified atom stereocenters. The molecule has 8 heteroatoms. The molecular formula is C15H10BrClFNO3S. The lowest BCUT2D eigenvalue weighted by Gasteiger charge is -2.05. The van der Waals surface area contributed by atoms with Crippen LogP contribution in [0.1, 0.15) is 15.9 Å². The SMILES string of the molecule is O=C(NS(=O)(=O)C=Cc1cccc(Cl)c1)c1ccc(F)cc1Br. The summed E-state index contributed by atoms with van der Waals surface area (Å²) in [7, 11) is -4.00. The van der Waals surface area contributed by atoms with Crippen molar-refractivity contribution < 1.29 is 17.6 Å². The third-order valence-electron chi connectivity index (χ3n) is 2.70. The molecule has 4 nitrogen and oxygen atoms in total. The molecular weight excluding hydrogens is 409 g/mol. The number of halogens is 3. The Bertz CT molecular complexity index is 884. The summed E-state index contributed by atoms with van der Waals surface area (Å²) < 4.78 is 38.8. The molecule has 0 bridgehead atoms. The fourth-order valence-corrected chi connectivity index (χ4v) is 3.17. The van der Waals surface area contributed by atoms with Crippen molar-refractivity contribution in [2.24, 2.45) is 0 Å². The molecule has 1 amide bonds. The van der Waals surface area contributed by atoms with Crippen molar-refractivity contribution in [2.45, 2.75) is 0 Å². The maximum atomic E-state index is 13.0. The van der Waals surface area contributed by atoms with E-state index in [2.05, 4.69) is 15.9 Å². The van der Waals surface area contributed by atoms with Gasteiger partial charge in [0.15, 0.2) is 0 Å². The van der Waals surface area contributed by atoms with Crippen LogP contribution in [-0.2, 0) is 10.0 Å². The molecule has 0 heterocycles. The van der Waals surface area contributed by atoms with E-state index in [0.717, 1.165) is 17.5 Å². The van der Waals surface area contributed by atoms with Crippen molar-refractivity contribution in [3.8, 4) is 0 Å². The van der Waals surface area contributed by atoms with E-state index in [9.17, 15) is 17.6 Å². The first-order valence-corrected chi connectivity index (χ1v) is 8.94. The third-order valence-corrected chi connectivity index (χ3v) is 4.55. The van der Waals surface area contributed by atoms with E-state index in [1.807, 2.05) is 4.72 Å². The molecule has 23 heavy (non-hydrogen) atoms. The van der Waals surface area contributed by atoms with Gasteiger partial charge in [0.1, 0.15) is 5.82 Å². The van der Waals surface area contributed by atoms with Crippen LogP contribution in [0.15, 0.2) is 52.3 Å². The number of rotatable bonds is 4. The lowest BCUT2D eigenvalue weighted by Crippen LogP contribution is -2.29. The molecule has 0 atom stereocenters. The van der Waals surface area contributed by atoms with Crippen LogP contribution >= 0.6 is 27.5 Å². The van der Waals surface area contributed by atoms with Gasteiger partial charge in [0.25, 0.3) is 15.9 Å². The molecule has 0 fully saturated rings. The molecule has 0 aliphatic heterocycles. The maximum Gasteiger partial charge on any atom is 0.266 e. The van der Waals surface area contributed by atoms with Gasteiger partial charge in [0, 0.05) is 9.50 Å². The average molecular weight is 419 g/mol. The first kappa shape index (κ1) is 17.7. The molecule has 1 N–H and O–H groups in total. The van der Waals surface area contributed by atoms with Crippen molar-refractivity contribution in [1.29, 1.82) is 0 Å². The molecule has 2 aromatic rings. The summed E-state index contributed by atoms with van der Waals surface area (Å²) in [6.07, 6.45) is 1.31. The molecule has 120 valence electrons. The predicted octanol–water partition coefficient (Wildman–Crippen LogP) is 3.97. The van der Waals surface area contributed by atoms with Crippen LogP contribution < -0.4 is 4.72 Å². The minimum Gasteiger partial charge on any atom is -0.268 e. The van der Waals surface area contributed by atoms with Gasteiger partial charge in [-0.05, 0) is 57.9 Å². The van der Waals surface area contributed by atoms with Crippen LogP contribution in [0.2, 0.25) is 5.02 Å². The smallest absolute Gasteiger partial charge is 0.266 e. The van der Waals surface area contributed by atoms with Crippen LogP contribution in [0.4, 0.5) is 4.39 Å². The lowest BCUT2D eigenvalue weighted by atomic mass is 10.2. The maximum absolute atomic E-state index is 13.0. The van der Waals surface area contributed by atoms with E-state index < -0.39 is 21.7 Å². The Morgan fingerprint density at radius 2 is 1.96 bits per heavy atom. The fraction of sp³-hybridized carbons (Fsp3) is 0.